The van der Waals surface area contributed by atoms with Crippen LogP contribution in [-0.2, 0) is 20.9 Å². The Balaban J connectivity index is 1.69. The third-order valence-corrected chi connectivity index (χ3v) is 5.13. The molecule has 0 aromatic heterocycles. The van der Waals surface area contributed by atoms with E-state index >= 15 is 0 Å². The highest BCUT2D eigenvalue weighted by Crippen LogP contribution is 2.14. The number of carbonyl (C=O) groups excluding carboxylic acids is 3. The number of aliphatic imine (C=N–C) groups is 1. The summed E-state index contributed by atoms with van der Waals surface area (Å²) >= 11 is 0. The number of guanidine groups is 1. The molecule has 1 aromatic rings. The lowest BCUT2D eigenvalue weighted by Crippen LogP contribution is -2.59. The minimum Gasteiger partial charge on any atom is -0.350 e. The monoisotopic (exact) mass is 403 g/mol. The van der Waals surface area contributed by atoms with Crippen LogP contribution < -0.4 is 5.32 Å². The maximum Gasteiger partial charge on any atom is 0.299 e. The van der Waals surface area contributed by atoms with E-state index in [4.69, 9.17) is 0 Å². The average Bonchev–Trinajstić information content (AvgIpc) is 2.73. The van der Waals surface area contributed by atoms with Crippen molar-refractivity contribution in [2.75, 3.05) is 39.8 Å². The Kier molecular flexibility index (Phi) is 6.58. The van der Waals surface area contributed by atoms with Gasteiger partial charge in [0.1, 0.15) is 5.82 Å². The molecule has 0 aliphatic carbocycles. The average molecular weight is 403 g/mol. The van der Waals surface area contributed by atoms with Gasteiger partial charge >= 0.3 is 0 Å². The van der Waals surface area contributed by atoms with E-state index in [1.165, 1.54) is 24.1 Å². The van der Waals surface area contributed by atoms with Crippen LogP contribution in [0, 0.1) is 5.82 Å². The van der Waals surface area contributed by atoms with E-state index < -0.39 is 23.6 Å². The largest absolute Gasteiger partial charge is 0.350 e. The lowest BCUT2D eigenvalue weighted by Gasteiger charge is -2.39. The predicted octanol–water partition coefficient (Wildman–Crippen LogP) is 0.235. The van der Waals surface area contributed by atoms with Gasteiger partial charge in [0.15, 0.2) is 6.04 Å². The van der Waals surface area contributed by atoms with Crippen LogP contribution in [0.5, 0.6) is 0 Å². The zero-order chi connectivity index (χ0) is 21.0. The van der Waals surface area contributed by atoms with E-state index in [-0.39, 0.29) is 12.4 Å². The molecule has 2 aliphatic rings. The Morgan fingerprint density at radius 2 is 1.83 bits per heavy atom. The number of carbonyl (C=O) groups is 3. The van der Waals surface area contributed by atoms with E-state index in [9.17, 15) is 18.8 Å². The van der Waals surface area contributed by atoms with Gasteiger partial charge in [0.25, 0.3) is 17.6 Å². The number of halogens is 1. The first-order valence-corrected chi connectivity index (χ1v) is 9.80. The fourth-order valence-corrected chi connectivity index (χ4v) is 3.48. The van der Waals surface area contributed by atoms with Gasteiger partial charge in [-0.2, -0.15) is 0 Å². The zero-order valence-corrected chi connectivity index (χ0v) is 16.7. The number of Topliss-reactive ketones (excluding diaryl/α,β-unsaturated/α-hetero) is 1. The molecule has 1 fully saturated rings. The molecule has 29 heavy (non-hydrogen) atoms. The summed E-state index contributed by atoms with van der Waals surface area (Å²) in [7, 11) is 1.50. The van der Waals surface area contributed by atoms with Crippen LogP contribution in [0.25, 0.3) is 0 Å². The summed E-state index contributed by atoms with van der Waals surface area (Å²) in [5.41, 5.74) is 0.683. The first-order chi connectivity index (χ1) is 13.9. The standard InChI is InChI=1S/C20H26FN5O3/c1-3-8-25-9-11-26(12-10-25)20-23-16(17(27)19(29)24(20)2)18(28)22-13-14-4-6-15(21)7-5-14/h4-7,16H,3,8-13H2,1-2H3,(H,22,28). The molecule has 0 spiro atoms. The van der Waals surface area contributed by atoms with Crippen molar-refractivity contribution in [3.8, 4) is 0 Å². The van der Waals surface area contributed by atoms with Crippen LogP contribution in [0.4, 0.5) is 4.39 Å². The van der Waals surface area contributed by atoms with Crippen LogP contribution in [0.2, 0.25) is 0 Å². The maximum atomic E-state index is 13.0. The van der Waals surface area contributed by atoms with E-state index in [0.29, 0.717) is 24.6 Å². The van der Waals surface area contributed by atoms with Crippen LogP contribution in [0.3, 0.4) is 0 Å². The molecule has 9 heteroatoms. The van der Waals surface area contributed by atoms with Crippen molar-refractivity contribution in [2.24, 2.45) is 4.99 Å². The van der Waals surface area contributed by atoms with Crippen molar-refractivity contribution in [3.05, 3.63) is 35.6 Å². The summed E-state index contributed by atoms with van der Waals surface area (Å²) in [5.74, 6) is -2.24. The number of hydrogen-bond acceptors (Lipinski definition) is 6. The van der Waals surface area contributed by atoms with Gasteiger partial charge in [-0.3, -0.25) is 24.2 Å². The number of nitrogens with zero attached hydrogens (tertiary/aromatic N) is 4. The zero-order valence-electron chi connectivity index (χ0n) is 16.7. The van der Waals surface area contributed by atoms with Crippen molar-refractivity contribution in [1.29, 1.82) is 0 Å². The van der Waals surface area contributed by atoms with Crippen molar-refractivity contribution in [3.63, 3.8) is 0 Å². The molecule has 1 aromatic carbocycles. The second kappa shape index (κ2) is 9.13. The number of nitrogens with one attached hydrogen (secondary N) is 1. The second-order valence-electron chi connectivity index (χ2n) is 7.23. The minimum atomic E-state index is -1.40. The van der Waals surface area contributed by atoms with Crippen LogP contribution in [0.15, 0.2) is 29.3 Å². The number of amides is 2. The molecule has 2 heterocycles. The van der Waals surface area contributed by atoms with Gasteiger partial charge in [-0.1, -0.05) is 19.1 Å². The molecule has 1 unspecified atom stereocenters. The fourth-order valence-electron chi connectivity index (χ4n) is 3.48. The molecular weight excluding hydrogens is 377 g/mol. The quantitative estimate of drug-likeness (QED) is 0.562. The highest BCUT2D eigenvalue weighted by atomic mass is 19.1. The van der Waals surface area contributed by atoms with Crippen molar-refractivity contribution in [1.82, 2.24) is 20.0 Å². The van der Waals surface area contributed by atoms with Gasteiger partial charge in [-0.15, -0.1) is 0 Å². The van der Waals surface area contributed by atoms with Crippen molar-refractivity contribution in [2.45, 2.75) is 25.9 Å². The van der Waals surface area contributed by atoms with Gasteiger partial charge in [-0.25, -0.2) is 9.38 Å². The van der Waals surface area contributed by atoms with Crippen LogP contribution >= 0.6 is 0 Å². The second-order valence-corrected chi connectivity index (χ2v) is 7.23. The fraction of sp³-hybridized carbons (Fsp3) is 0.500. The molecule has 156 valence electrons. The Morgan fingerprint density at radius 3 is 2.45 bits per heavy atom. The van der Waals surface area contributed by atoms with Crippen LogP contribution in [-0.4, -0.2) is 84.1 Å². The van der Waals surface area contributed by atoms with E-state index in [1.54, 1.807) is 12.1 Å². The van der Waals surface area contributed by atoms with E-state index in [2.05, 4.69) is 22.1 Å². The minimum absolute atomic E-state index is 0.119. The third kappa shape index (κ3) is 4.79. The molecule has 0 bridgehead atoms. The van der Waals surface area contributed by atoms with E-state index in [1.807, 2.05) is 4.90 Å². The van der Waals surface area contributed by atoms with Crippen molar-refractivity contribution < 1.29 is 18.8 Å². The molecule has 1 N–H and O–H groups in total. The summed E-state index contributed by atoms with van der Waals surface area (Å²) in [6.45, 7) is 6.29. The first-order valence-electron chi connectivity index (χ1n) is 9.80. The number of ketones is 1. The topological polar surface area (TPSA) is 85.3 Å². The molecule has 0 radical (unpaired) electrons. The number of rotatable bonds is 5. The molecule has 1 saturated heterocycles. The summed E-state index contributed by atoms with van der Waals surface area (Å²) < 4.78 is 13.0. The number of benzene rings is 1. The molecular formula is C20H26FN5O3. The van der Waals surface area contributed by atoms with Gasteiger partial charge in [0, 0.05) is 39.8 Å². The van der Waals surface area contributed by atoms with E-state index in [0.717, 1.165) is 26.1 Å². The summed E-state index contributed by atoms with van der Waals surface area (Å²) in [5, 5.41) is 2.61. The van der Waals surface area contributed by atoms with Gasteiger partial charge < -0.3 is 10.2 Å². The number of likely N-dealkylation sites (N-methyl/N-ethyl adjacent to an activating group) is 1. The Bertz CT molecular complexity index is 803. The SMILES string of the molecule is CCCN1CCN(C2=NC(C(=O)NCc3ccc(F)cc3)C(=O)C(=O)N2C)CC1. The molecule has 2 amide bonds. The predicted molar refractivity (Wildman–Crippen MR) is 106 cm³/mol. The van der Waals surface area contributed by atoms with Gasteiger partial charge in [-0.05, 0) is 30.7 Å². The number of piperazine rings is 1. The Hall–Kier alpha value is -2.81. The Morgan fingerprint density at radius 1 is 1.17 bits per heavy atom. The van der Waals surface area contributed by atoms with Gasteiger partial charge in [0.2, 0.25) is 5.96 Å². The number of hydrogen-bond donors (Lipinski definition) is 1. The maximum absolute atomic E-state index is 13.0. The summed E-state index contributed by atoms with van der Waals surface area (Å²) in [6.07, 6.45) is 1.07. The third-order valence-electron chi connectivity index (χ3n) is 5.13. The lowest BCUT2D eigenvalue weighted by molar-refractivity contribution is -0.145. The highest BCUT2D eigenvalue weighted by Gasteiger charge is 2.41. The van der Waals surface area contributed by atoms with Gasteiger partial charge in [0.05, 0.1) is 0 Å². The molecule has 0 saturated carbocycles. The Labute approximate surface area is 169 Å². The molecule has 8 nitrogen and oxygen atoms in total. The normalized spacial score (nSPS) is 20.7. The smallest absolute Gasteiger partial charge is 0.299 e. The molecule has 2 aliphatic heterocycles. The lowest BCUT2D eigenvalue weighted by atomic mass is 10.1. The van der Waals surface area contributed by atoms with Crippen LogP contribution in [0.1, 0.15) is 18.9 Å². The van der Waals surface area contributed by atoms with Crippen molar-refractivity contribution >= 4 is 23.6 Å². The highest BCUT2D eigenvalue weighted by molar-refractivity contribution is 6.45. The first kappa shape index (κ1) is 20.9. The summed E-state index contributed by atoms with van der Waals surface area (Å²) in [4.78, 5) is 47.1. The molecule has 3 rings (SSSR count). The molecule has 1 atom stereocenters. The summed E-state index contributed by atoms with van der Waals surface area (Å²) in [6, 6.07) is 4.27.